The summed E-state index contributed by atoms with van der Waals surface area (Å²) in [5.74, 6) is 3.67. The average Bonchev–Trinajstić information content (AvgIpc) is 3.04. The predicted octanol–water partition coefficient (Wildman–Crippen LogP) is 2.61. The third-order valence-corrected chi connectivity index (χ3v) is 5.42. The molecule has 0 spiro atoms. The van der Waals surface area contributed by atoms with Gasteiger partial charge in [0, 0.05) is 13.6 Å². The monoisotopic (exact) mass is 249 g/mol. The van der Waals surface area contributed by atoms with E-state index in [9.17, 15) is 0 Å². The normalized spacial score (nSPS) is 36.5. The fourth-order valence-electron chi connectivity index (χ4n) is 4.36. The van der Waals surface area contributed by atoms with Gasteiger partial charge in [0.1, 0.15) is 0 Å². The van der Waals surface area contributed by atoms with Crippen LogP contribution >= 0.6 is 0 Å². The second kappa shape index (κ2) is 5.10. The molecule has 0 aromatic heterocycles. The summed E-state index contributed by atoms with van der Waals surface area (Å²) in [4.78, 5) is 6.91. The molecule has 0 aromatic carbocycles. The zero-order chi connectivity index (χ0) is 12.5. The van der Waals surface area contributed by atoms with Crippen LogP contribution in [0.3, 0.4) is 0 Å². The number of nitrogens with two attached hydrogens (primary N) is 1. The van der Waals surface area contributed by atoms with Crippen LogP contribution in [0.15, 0.2) is 4.99 Å². The van der Waals surface area contributed by atoms with Crippen molar-refractivity contribution in [2.24, 2.45) is 28.5 Å². The molecule has 3 atom stereocenters. The number of hydrogen-bond acceptors (Lipinski definition) is 1. The van der Waals surface area contributed by atoms with E-state index in [1.165, 1.54) is 51.4 Å². The molecular weight excluding hydrogens is 222 g/mol. The Morgan fingerprint density at radius 1 is 1.17 bits per heavy atom. The first-order valence-corrected chi connectivity index (χ1v) is 7.77. The van der Waals surface area contributed by atoms with Crippen LogP contribution in [0.5, 0.6) is 0 Å². The molecule has 3 saturated carbocycles. The smallest absolute Gasteiger partial charge is 0.191 e. The molecule has 3 aliphatic rings. The molecule has 18 heavy (non-hydrogen) atoms. The highest BCUT2D eigenvalue weighted by Gasteiger charge is 2.39. The summed E-state index contributed by atoms with van der Waals surface area (Å²) in [5.41, 5.74) is 6.15. The summed E-state index contributed by atoms with van der Waals surface area (Å²) in [6, 6.07) is 0.507. The third-order valence-electron chi connectivity index (χ3n) is 5.42. The molecule has 0 saturated heterocycles. The van der Waals surface area contributed by atoms with Gasteiger partial charge in [0.2, 0.25) is 0 Å². The molecule has 2 bridgehead atoms. The lowest BCUT2D eigenvalue weighted by molar-refractivity contribution is 0.274. The van der Waals surface area contributed by atoms with Crippen molar-refractivity contribution in [1.82, 2.24) is 4.90 Å². The molecule has 3 nitrogen and oxygen atoms in total. The zero-order valence-electron chi connectivity index (χ0n) is 11.6. The third kappa shape index (κ3) is 2.50. The van der Waals surface area contributed by atoms with E-state index in [2.05, 4.69) is 11.9 Å². The van der Waals surface area contributed by atoms with Crippen LogP contribution in [0.4, 0.5) is 0 Å². The largest absolute Gasteiger partial charge is 0.370 e. The van der Waals surface area contributed by atoms with Crippen molar-refractivity contribution in [3.63, 3.8) is 0 Å². The first kappa shape index (κ1) is 12.3. The Bertz CT molecular complexity index is 320. The van der Waals surface area contributed by atoms with Crippen molar-refractivity contribution in [3.05, 3.63) is 0 Å². The number of hydrogen-bond donors (Lipinski definition) is 1. The molecule has 3 heteroatoms. The Labute approximate surface area is 111 Å². The van der Waals surface area contributed by atoms with Gasteiger partial charge in [-0.25, -0.2) is 4.99 Å². The Balaban J connectivity index is 1.52. The Morgan fingerprint density at radius 3 is 2.56 bits per heavy atom. The van der Waals surface area contributed by atoms with E-state index in [4.69, 9.17) is 10.7 Å². The molecule has 0 aliphatic heterocycles. The molecule has 3 aliphatic carbocycles. The molecule has 3 fully saturated rings. The van der Waals surface area contributed by atoms with Gasteiger partial charge in [-0.3, -0.25) is 0 Å². The fourth-order valence-corrected chi connectivity index (χ4v) is 4.36. The van der Waals surface area contributed by atoms with Crippen LogP contribution in [-0.4, -0.2) is 30.5 Å². The second-order valence-corrected chi connectivity index (χ2v) is 6.74. The Morgan fingerprint density at radius 2 is 1.94 bits per heavy atom. The topological polar surface area (TPSA) is 41.6 Å². The summed E-state index contributed by atoms with van der Waals surface area (Å²) in [7, 11) is 2.12. The van der Waals surface area contributed by atoms with Gasteiger partial charge in [0.15, 0.2) is 5.96 Å². The number of rotatable bonds is 3. The number of nitrogens with zero attached hydrogens (tertiary/aromatic N) is 2. The summed E-state index contributed by atoms with van der Waals surface area (Å²) in [5, 5.41) is 0. The van der Waals surface area contributed by atoms with Crippen LogP contribution in [0, 0.1) is 17.8 Å². The summed E-state index contributed by atoms with van der Waals surface area (Å²) >= 11 is 0. The lowest BCUT2D eigenvalue weighted by Crippen LogP contribution is -2.39. The lowest BCUT2D eigenvalue weighted by atomic mass is 9.88. The van der Waals surface area contributed by atoms with Crippen molar-refractivity contribution in [1.29, 1.82) is 0 Å². The van der Waals surface area contributed by atoms with Crippen molar-refractivity contribution >= 4 is 5.96 Å². The zero-order valence-corrected chi connectivity index (χ0v) is 11.6. The van der Waals surface area contributed by atoms with E-state index in [0.717, 1.165) is 30.3 Å². The van der Waals surface area contributed by atoms with Crippen molar-refractivity contribution in [3.8, 4) is 0 Å². The summed E-state index contributed by atoms with van der Waals surface area (Å²) in [6.45, 7) is 1.13. The van der Waals surface area contributed by atoms with Gasteiger partial charge in [-0.2, -0.15) is 0 Å². The van der Waals surface area contributed by atoms with Crippen molar-refractivity contribution < 1.29 is 0 Å². The minimum absolute atomic E-state index is 0.507. The van der Waals surface area contributed by atoms with Gasteiger partial charge in [-0.05, 0) is 49.9 Å². The van der Waals surface area contributed by atoms with E-state index in [0.29, 0.717) is 6.04 Å². The quantitative estimate of drug-likeness (QED) is 0.617. The predicted molar refractivity (Wildman–Crippen MR) is 75.4 cm³/mol. The lowest BCUT2D eigenvalue weighted by Gasteiger charge is -2.28. The fraction of sp³-hybridized carbons (Fsp3) is 0.933. The molecule has 0 heterocycles. The minimum Gasteiger partial charge on any atom is -0.370 e. The minimum atomic E-state index is 0.507. The van der Waals surface area contributed by atoms with Gasteiger partial charge in [0.05, 0.1) is 6.04 Å². The van der Waals surface area contributed by atoms with Crippen molar-refractivity contribution in [2.45, 2.75) is 57.4 Å². The Kier molecular flexibility index (Phi) is 3.49. The molecule has 0 radical (unpaired) electrons. The van der Waals surface area contributed by atoms with Gasteiger partial charge in [-0.15, -0.1) is 0 Å². The van der Waals surface area contributed by atoms with Gasteiger partial charge in [0.25, 0.3) is 0 Å². The van der Waals surface area contributed by atoms with E-state index in [1.54, 1.807) is 0 Å². The van der Waals surface area contributed by atoms with Crippen LogP contribution < -0.4 is 5.73 Å². The van der Waals surface area contributed by atoms with Crippen LogP contribution in [0.2, 0.25) is 0 Å². The summed E-state index contributed by atoms with van der Waals surface area (Å²) < 4.78 is 0. The molecule has 0 aromatic rings. The first-order chi connectivity index (χ1) is 8.72. The molecule has 3 unspecified atom stereocenters. The van der Waals surface area contributed by atoms with Crippen LogP contribution in [0.1, 0.15) is 51.4 Å². The van der Waals surface area contributed by atoms with E-state index in [-0.39, 0.29) is 0 Å². The highest BCUT2D eigenvalue weighted by atomic mass is 15.2. The molecular formula is C15H27N3. The average molecular weight is 249 g/mol. The highest BCUT2D eigenvalue weighted by molar-refractivity contribution is 5.78. The van der Waals surface area contributed by atoms with Gasteiger partial charge < -0.3 is 10.6 Å². The standard InChI is InChI=1S/C15H27N3/c1-18(15(16)17-14-4-2-3-5-14)10-13-9-11-6-7-12(13)8-11/h11-14H,2-10H2,1H3,(H2,16,17). The molecule has 0 amide bonds. The van der Waals surface area contributed by atoms with E-state index >= 15 is 0 Å². The van der Waals surface area contributed by atoms with E-state index in [1.807, 2.05) is 0 Å². The van der Waals surface area contributed by atoms with Gasteiger partial charge >= 0.3 is 0 Å². The maximum atomic E-state index is 6.15. The molecule has 2 N–H and O–H groups in total. The highest BCUT2D eigenvalue weighted by Crippen LogP contribution is 2.48. The van der Waals surface area contributed by atoms with Crippen molar-refractivity contribution in [2.75, 3.05) is 13.6 Å². The van der Waals surface area contributed by atoms with E-state index < -0.39 is 0 Å². The number of aliphatic imine (C=N–C) groups is 1. The second-order valence-electron chi connectivity index (χ2n) is 6.74. The SMILES string of the molecule is CN(CC1CC2CCC1C2)C(N)=NC1CCCC1. The number of guanidine groups is 1. The van der Waals surface area contributed by atoms with Gasteiger partial charge in [-0.1, -0.05) is 19.3 Å². The maximum absolute atomic E-state index is 6.15. The number of fused-ring (bicyclic) bond motifs is 2. The Hall–Kier alpha value is -0.730. The first-order valence-electron chi connectivity index (χ1n) is 7.77. The van der Waals surface area contributed by atoms with Crippen LogP contribution in [-0.2, 0) is 0 Å². The molecule has 102 valence electrons. The molecule has 3 rings (SSSR count). The summed E-state index contributed by atoms with van der Waals surface area (Å²) in [6.07, 6.45) is 11.0. The van der Waals surface area contributed by atoms with Crippen LogP contribution in [0.25, 0.3) is 0 Å². The maximum Gasteiger partial charge on any atom is 0.191 e.